The number of aromatic nitrogens is 4. The quantitative estimate of drug-likeness (QED) is 0.0408. The van der Waals surface area contributed by atoms with E-state index in [0.29, 0.717) is 0 Å². The van der Waals surface area contributed by atoms with E-state index in [-0.39, 0.29) is 53.1 Å². The lowest BCUT2D eigenvalue weighted by molar-refractivity contribution is -0.137. The van der Waals surface area contributed by atoms with E-state index in [1.54, 1.807) is 0 Å². The topological polar surface area (TPSA) is 381 Å². The molecule has 29 heteroatoms. The summed E-state index contributed by atoms with van der Waals surface area (Å²) in [6, 6.07) is 0. The van der Waals surface area contributed by atoms with Crippen LogP contribution < -0.4 is 16.4 Å². The summed E-state index contributed by atoms with van der Waals surface area (Å²) in [5.74, 6) is -2.38. The van der Waals surface area contributed by atoms with Gasteiger partial charge in [-0.15, -0.1) is 0 Å². The van der Waals surface area contributed by atoms with E-state index >= 15 is 0 Å². The Morgan fingerprint density at radius 3 is 2.35 bits per heavy atom. The Kier molecular flexibility index (Phi) is 16.2. The minimum Gasteiger partial charge on any atom is -0.386 e. The van der Waals surface area contributed by atoms with Crippen LogP contribution in [0.1, 0.15) is 40.3 Å². The highest BCUT2D eigenvalue weighted by molar-refractivity contribution is 8.13. The summed E-state index contributed by atoms with van der Waals surface area (Å²) in [7, 11) is -16.4. The first-order valence-corrected chi connectivity index (χ1v) is 21.4. The number of ketones is 1. The van der Waals surface area contributed by atoms with Crippen LogP contribution in [0.2, 0.25) is 0 Å². The zero-order chi connectivity index (χ0) is 41.5. The van der Waals surface area contributed by atoms with Gasteiger partial charge in [-0.2, -0.15) is 4.31 Å². The van der Waals surface area contributed by atoms with Crippen LogP contribution in [-0.2, 0) is 55.5 Å². The zero-order valence-electron chi connectivity index (χ0n) is 29.6. The number of Topliss-reactive ketones (excluding diaryl/α,β-unsaturated/α-hetero) is 1. The highest BCUT2D eigenvalue weighted by Gasteiger charge is 2.50. The molecule has 0 aliphatic carbocycles. The Hall–Kier alpha value is -2.77. The number of hydrogen-bond acceptors (Lipinski definition) is 19. The number of nitrogens with one attached hydrogen (secondary N) is 2. The first-order valence-electron chi connectivity index (χ1n) is 15.9. The third-order valence-electron chi connectivity index (χ3n) is 7.71. The van der Waals surface area contributed by atoms with Gasteiger partial charge in [0.25, 0.3) is 0 Å². The maximum atomic E-state index is 12.7. The van der Waals surface area contributed by atoms with Gasteiger partial charge in [-0.3, -0.25) is 37.3 Å². The maximum Gasteiger partial charge on any atom is 0.481 e. The lowest BCUT2D eigenvalue weighted by atomic mass is 9.87. The maximum absolute atomic E-state index is 12.7. The summed E-state index contributed by atoms with van der Waals surface area (Å²) in [4.78, 5) is 98.5. The molecule has 1 saturated heterocycles. The molecule has 2 aromatic heterocycles. The van der Waals surface area contributed by atoms with Crippen LogP contribution in [0.25, 0.3) is 11.2 Å². The normalized spacial score (nSPS) is 22.4. The van der Waals surface area contributed by atoms with Crippen LogP contribution in [0.3, 0.4) is 0 Å². The number of amides is 2. The van der Waals surface area contributed by atoms with Gasteiger partial charge in [0, 0.05) is 30.7 Å². The second kappa shape index (κ2) is 19.1. The second-order valence-electron chi connectivity index (χ2n) is 12.6. The van der Waals surface area contributed by atoms with Gasteiger partial charge in [-0.25, -0.2) is 28.6 Å². The van der Waals surface area contributed by atoms with Crippen molar-refractivity contribution >= 4 is 74.9 Å². The standard InChI is InChI=1S/C26H42N7O18P3S/c1-13(14(2)34)25(39)55-8-7-28-16(35)5-6-29-23(38)20(37)26(3,4)10-48-54(45,46)51-53(43,44)47-9-15-19(50-52(40,41)42)18(36)24(49-15)33-12-32-17-21(27)30-11-31-22(17)33/h11-13,15,18-20,24,36-37H,5-10H2,1-4H3,(H,28,35)(H,29,38)(H,43,44)(H,45,46)(H2,27,30,31)(H2,40,41,42). The first kappa shape index (κ1) is 46.6. The van der Waals surface area contributed by atoms with Gasteiger partial charge in [0.15, 0.2) is 22.8 Å². The number of carbonyl (C=O) groups excluding carboxylic acids is 4. The highest BCUT2D eigenvalue weighted by atomic mass is 32.2. The number of fused-ring (bicyclic) bond motifs is 1. The van der Waals surface area contributed by atoms with Crippen molar-refractivity contribution in [1.29, 1.82) is 0 Å². The van der Waals surface area contributed by atoms with E-state index in [0.717, 1.165) is 29.0 Å². The summed E-state index contributed by atoms with van der Waals surface area (Å²) in [6.07, 6.45) is -7.03. The van der Waals surface area contributed by atoms with Crippen molar-refractivity contribution in [3.05, 3.63) is 12.7 Å². The molecular weight excluding hydrogens is 823 g/mol. The van der Waals surface area contributed by atoms with Gasteiger partial charge in [-0.1, -0.05) is 25.6 Å². The van der Waals surface area contributed by atoms with E-state index in [1.165, 1.54) is 27.7 Å². The number of aliphatic hydroxyl groups excluding tert-OH is 2. The molecule has 2 amide bonds. The van der Waals surface area contributed by atoms with E-state index in [9.17, 15) is 62.7 Å². The molecule has 3 heterocycles. The summed E-state index contributed by atoms with van der Waals surface area (Å²) in [5, 5.41) is 25.9. The average Bonchev–Trinajstić information content (AvgIpc) is 3.64. The van der Waals surface area contributed by atoms with Gasteiger partial charge in [0.05, 0.1) is 25.5 Å². The third-order valence-corrected chi connectivity index (χ3v) is 11.9. The third kappa shape index (κ3) is 13.7. The predicted molar refractivity (Wildman–Crippen MR) is 187 cm³/mol. The fourth-order valence-electron chi connectivity index (χ4n) is 4.57. The van der Waals surface area contributed by atoms with Gasteiger partial charge >= 0.3 is 23.5 Å². The average molecular weight is 866 g/mol. The fraction of sp³-hybridized carbons (Fsp3) is 0.654. The Morgan fingerprint density at radius 2 is 1.71 bits per heavy atom. The number of ether oxygens (including phenoxy) is 1. The number of aliphatic hydroxyl groups is 2. The molecule has 55 heavy (non-hydrogen) atoms. The molecule has 310 valence electrons. The minimum atomic E-state index is -5.58. The number of phosphoric acid groups is 3. The van der Waals surface area contributed by atoms with Crippen LogP contribution >= 0.6 is 35.2 Å². The predicted octanol–water partition coefficient (Wildman–Crippen LogP) is -1.11. The summed E-state index contributed by atoms with van der Waals surface area (Å²) < 4.78 is 62.0. The highest BCUT2D eigenvalue weighted by Crippen LogP contribution is 2.61. The number of imidazole rings is 1. The van der Waals surface area contributed by atoms with Gasteiger partial charge in [-0.05, 0) is 13.8 Å². The van der Waals surface area contributed by atoms with E-state index < -0.39 is 90.5 Å². The Labute approximate surface area is 316 Å². The number of hydrogen-bond donors (Lipinski definition) is 9. The molecule has 25 nitrogen and oxygen atoms in total. The van der Waals surface area contributed by atoms with E-state index in [1.807, 2.05) is 0 Å². The largest absolute Gasteiger partial charge is 0.481 e. The molecule has 8 atom stereocenters. The minimum absolute atomic E-state index is 0.0238. The van der Waals surface area contributed by atoms with Crippen molar-refractivity contribution in [2.75, 3.05) is 37.8 Å². The molecular formula is C26H42N7O18P3S. The molecule has 1 fully saturated rings. The number of carbonyl (C=O) groups is 4. The molecule has 2 aromatic rings. The number of nitrogen functional groups attached to an aromatic ring is 1. The van der Waals surface area contributed by atoms with Crippen LogP contribution in [-0.4, -0.2) is 128 Å². The Morgan fingerprint density at radius 1 is 1.05 bits per heavy atom. The number of nitrogens with two attached hydrogens (primary N) is 1. The molecule has 10 N–H and O–H groups in total. The van der Waals surface area contributed by atoms with Crippen LogP contribution in [0.4, 0.5) is 5.82 Å². The molecule has 0 saturated carbocycles. The van der Waals surface area contributed by atoms with Crippen molar-refractivity contribution in [3.63, 3.8) is 0 Å². The molecule has 1 aliphatic heterocycles. The number of nitrogens with zero attached hydrogens (tertiary/aromatic N) is 4. The van der Waals surface area contributed by atoms with Gasteiger partial charge in [0.1, 0.15) is 42.0 Å². The SMILES string of the molecule is CC(=O)C(C)C(=O)SCCNC(=O)CCNC(=O)C(O)C(C)(C)COP(=O)(O)OP(=O)(O)OCC1OC(n2cnc3c(N)ncnc32)C(O)C1OP(=O)(O)O. The molecule has 8 unspecified atom stereocenters. The monoisotopic (exact) mass is 865 g/mol. The molecule has 1 aliphatic rings. The lowest BCUT2D eigenvalue weighted by Gasteiger charge is -2.30. The summed E-state index contributed by atoms with van der Waals surface area (Å²) in [5.41, 5.74) is 4.22. The van der Waals surface area contributed by atoms with E-state index in [4.69, 9.17) is 19.5 Å². The second-order valence-corrected chi connectivity index (χ2v) is 17.9. The number of rotatable bonds is 21. The Balaban J connectivity index is 1.50. The molecule has 0 spiro atoms. The molecule has 3 rings (SSSR count). The summed E-state index contributed by atoms with van der Waals surface area (Å²) >= 11 is 0.886. The molecule has 0 radical (unpaired) electrons. The van der Waals surface area contributed by atoms with Crippen LogP contribution in [0.5, 0.6) is 0 Å². The van der Waals surface area contributed by atoms with Gasteiger partial charge < -0.3 is 50.9 Å². The lowest BCUT2D eigenvalue weighted by Crippen LogP contribution is -2.46. The van der Waals surface area contributed by atoms with Crippen LogP contribution in [0, 0.1) is 11.3 Å². The molecule has 0 bridgehead atoms. The van der Waals surface area contributed by atoms with Crippen molar-refractivity contribution < 1.29 is 85.3 Å². The number of anilines is 1. The fourth-order valence-corrected chi connectivity index (χ4v) is 8.22. The van der Waals surface area contributed by atoms with E-state index in [2.05, 4.69) is 34.4 Å². The van der Waals surface area contributed by atoms with Gasteiger partial charge in [0.2, 0.25) is 11.8 Å². The summed E-state index contributed by atoms with van der Waals surface area (Å²) in [6.45, 7) is 3.06. The first-order chi connectivity index (χ1) is 25.3. The van der Waals surface area contributed by atoms with Crippen molar-refractivity contribution in [1.82, 2.24) is 30.2 Å². The number of thioether (sulfide) groups is 1. The zero-order valence-corrected chi connectivity index (χ0v) is 33.1. The number of phosphoric ester groups is 3. The molecule has 0 aromatic carbocycles. The van der Waals surface area contributed by atoms with Crippen molar-refractivity contribution in [3.8, 4) is 0 Å². The van der Waals surface area contributed by atoms with Crippen LogP contribution in [0.15, 0.2) is 12.7 Å². The van der Waals surface area contributed by atoms with Crippen molar-refractivity contribution in [2.24, 2.45) is 11.3 Å². The smallest absolute Gasteiger partial charge is 0.386 e. The van der Waals surface area contributed by atoms with Crippen molar-refractivity contribution in [2.45, 2.75) is 64.8 Å². The Bertz CT molecular complexity index is 1860.